The van der Waals surface area contributed by atoms with Crippen molar-refractivity contribution in [3.05, 3.63) is 29.9 Å². The fourth-order valence-corrected chi connectivity index (χ4v) is 5.59. The Morgan fingerprint density at radius 3 is 2.52 bits per heavy atom. The summed E-state index contributed by atoms with van der Waals surface area (Å²) in [6.07, 6.45) is 5.92. The third-order valence-electron chi connectivity index (χ3n) is 4.91. The summed E-state index contributed by atoms with van der Waals surface area (Å²) in [4.78, 5) is 9.02. The Morgan fingerprint density at radius 1 is 1.26 bits per heavy atom. The number of hydrogen-bond donors (Lipinski definition) is 0. The Balaban J connectivity index is 1.78. The highest BCUT2D eigenvalue weighted by molar-refractivity contribution is 7.91. The van der Waals surface area contributed by atoms with E-state index in [9.17, 15) is 8.42 Å². The lowest BCUT2D eigenvalue weighted by molar-refractivity contribution is 0.0456. The van der Waals surface area contributed by atoms with Crippen molar-refractivity contribution in [2.45, 2.75) is 32.5 Å². The lowest BCUT2D eigenvalue weighted by Gasteiger charge is -2.43. The summed E-state index contributed by atoms with van der Waals surface area (Å²) in [6, 6.07) is 0.181. The second kappa shape index (κ2) is 6.37. The van der Waals surface area contributed by atoms with Gasteiger partial charge in [-0.2, -0.15) is 0 Å². The molecule has 1 aromatic rings. The monoisotopic (exact) mass is 338 g/mol. The number of fused-ring (bicyclic) bond motifs is 1. The second-order valence-electron chi connectivity index (χ2n) is 6.91. The van der Waals surface area contributed by atoms with Gasteiger partial charge in [-0.3, -0.25) is 9.80 Å². The van der Waals surface area contributed by atoms with Crippen LogP contribution in [-0.2, 0) is 23.4 Å². The van der Waals surface area contributed by atoms with Gasteiger partial charge in [-0.05, 0) is 13.8 Å². The van der Waals surface area contributed by atoms with Crippen LogP contribution in [0, 0.1) is 0 Å². The summed E-state index contributed by atoms with van der Waals surface area (Å²) in [5, 5.41) is 0. The van der Waals surface area contributed by atoms with E-state index in [1.807, 2.05) is 17.8 Å². The Hall–Kier alpha value is -1.18. The minimum atomic E-state index is -2.95. The van der Waals surface area contributed by atoms with E-state index < -0.39 is 9.84 Å². The molecule has 0 bridgehead atoms. The van der Waals surface area contributed by atoms with E-state index in [0.717, 1.165) is 32.0 Å². The van der Waals surface area contributed by atoms with Crippen molar-refractivity contribution in [2.24, 2.45) is 7.05 Å². The van der Waals surface area contributed by atoms with Crippen LogP contribution in [0.4, 0.5) is 0 Å². The summed E-state index contributed by atoms with van der Waals surface area (Å²) in [5.41, 5.74) is 1.28. The van der Waals surface area contributed by atoms with Gasteiger partial charge in [0.05, 0.1) is 18.1 Å². The van der Waals surface area contributed by atoms with Crippen LogP contribution >= 0.6 is 0 Å². The molecule has 2 aliphatic heterocycles. The number of rotatable bonds is 4. The lowest BCUT2D eigenvalue weighted by atomic mass is 10.0. The Bertz CT molecular complexity index is 691. The molecule has 0 unspecified atom stereocenters. The van der Waals surface area contributed by atoms with Crippen molar-refractivity contribution in [1.29, 1.82) is 0 Å². The molecular formula is C16H26N4O2S. The normalized spacial score (nSPS) is 27.8. The molecule has 0 radical (unpaired) electrons. The number of sulfone groups is 1. The van der Waals surface area contributed by atoms with Crippen molar-refractivity contribution >= 4 is 9.84 Å². The van der Waals surface area contributed by atoms with Crippen LogP contribution in [0.1, 0.15) is 19.7 Å². The molecule has 3 heterocycles. The highest BCUT2D eigenvalue weighted by atomic mass is 32.2. The van der Waals surface area contributed by atoms with Crippen LogP contribution in [0.2, 0.25) is 0 Å². The maximum absolute atomic E-state index is 12.2. The Morgan fingerprint density at radius 2 is 1.91 bits per heavy atom. The SMILES string of the molecule is CC(C)=CCN1CCN(Cc2nccn2C)[C@H]2CS(=O)(=O)C[C@H]21. The molecule has 2 atom stereocenters. The Labute approximate surface area is 138 Å². The van der Waals surface area contributed by atoms with Gasteiger partial charge in [0.1, 0.15) is 5.82 Å². The maximum atomic E-state index is 12.2. The van der Waals surface area contributed by atoms with Gasteiger partial charge in [-0.25, -0.2) is 13.4 Å². The standard InChI is InChI=1S/C16H26N4O2S/c1-13(2)4-6-19-8-9-20(10-16-17-5-7-18(16)3)15-12-23(21,22)11-14(15)19/h4-5,7,14-15H,6,8-12H2,1-3H3/t14-,15+/m1/s1. The topological polar surface area (TPSA) is 58.4 Å². The van der Waals surface area contributed by atoms with Gasteiger partial charge in [-0.15, -0.1) is 0 Å². The maximum Gasteiger partial charge on any atom is 0.153 e. The number of piperazine rings is 1. The summed E-state index contributed by atoms with van der Waals surface area (Å²) >= 11 is 0. The zero-order valence-electron chi connectivity index (χ0n) is 14.1. The first-order valence-electron chi connectivity index (χ1n) is 8.14. The van der Waals surface area contributed by atoms with Crippen LogP contribution < -0.4 is 0 Å². The molecule has 2 fully saturated rings. The Kier molecular flexibility index (Phi) is 4.62. The third kappa shape index (κ3) is 3.67. The summed E-state index contributed by atoms with van der Waals surface area (Å²) in [5.74, 6) is 1.55. The van der Waals surface area contributed by atoms with Gasteiger partial charge in [0.15, 0.2) is 9.84 Å². The summed E-state index contributed by atoms with van der Waals surface area (Å²) < 4.78 is 26.4. The highest BCUT2D eigenvalue weighted by Crippen LogP contribution is 2.28. The van der Waals surface area contributed by atoms with Crippen LogP contribution in [0.25, 0.3) is 0 Å². The molecule has 0 spiro atoms. The van der Waals surface area contributed by atoms with Crippen molar-refractivity contribution in [1.82, 2.24) is 19.4 Å². The van der Waals surface area contributed by atoms with Crippen LogP contribution in [-0.4, -0.2) is 71.0 Å². The van der Waals surface area contributed by atoms with E-state index in [4.69, 9.17) is 0 Å². The van der Waals surface area contributed by atoms with Gasteiger partial charge in [0.2, 0.25) is 0 Å². The number of imidazole rings is 1. The van der Waals surface area contributed by atoms with Crippen molar-refractivity contribution in [3.8, 4) is 0 Å². The molecule has 6 nitrogen and oxygen atoms in total. The molecule has 2 aliphatic rings. The van der Waals surface area contributed by atoms with Crippen LogP contribution in [0.3, 0.4) is 0 Å². The van der Waals surface area contributed by atoms with E-state index in [1.165, 1.54) is 5.57 Å². The molecule has 0 amide bonds. The number of hydrogen-bond acceptors (Lipinski definition) is 5. The van der Waals surface area contributed by atoms with Crippen LogP contribution in [0.15, 0.2) is 24.0 Å². The molecule has 128 valence electrons. The zero-order chi connectivity index (χ0) is 16.6. The van der Waals surface area contributed by atoms with E-state index in [0.29, 0.717) is 0 Å². The molecule has 0 aliphatic carbocycles. The molecule has 2 saturated heterocycles. The number of allylic oxidation sites excluding steroid dienone is 1. The van der Waals surface area contributed by atoms with Crippen LogP contribution in [0.5, 0.6) is 0 Å². The van der Waals surface area contributed by atoms with E-state index in [2.05, 4.69) is 34.7 Å². The second-order valence-corrected chi connectivity index (χ2v) is 9.07. The lowest BCUT2D eigenvalue weighted by Crippen LogP contribution is -2.58. The van der Waals surface area contributed by atoms with Crippen molar-refractivity contribution in [2.75, 3.05) is 31.1 Å². The van der Waals surface area contributed by atoms with E-state index >= 15 is 0 Å². The van der Waals surface area contributed by atoms with Gasteiger partial charge in [-0.1, -0.05) is 11.6 Å². The van der Waals surface area contributed by atoms with Crippen molar-refractivity contribution in [3.63, 3.8) is 0 Å². The molecule has 23 heavy (non-hydrogen) atoms. The first-order valence-corrected chi connectivity index (χ1v) is 9.96. The van der Waals surface area contributed by atoms with Gasteiger partial charge in [0.25, 0.3) is 0 Å². The quantitative estimate of drug-likeness (QED) is 0.755. The average Bonchev–Trinajstić information content (AvgIpc) is 3.00. The van der Waals surface area contributed by atoms with Gasteiger partial charge < -0.3 is 4.57 Å². The molecular weight excluding hydrogens is 312 g/mol. The number of aryl methyl sites for hydroxylation is 1. The average molecular weight is 338 g/mol. The van der Waals surface area contributed by atoms with Gasteiger partial charge in [0, 0.05) is 51.2 Å². The van der Waals surface area contributed by atoms with E-state index in [1.54, 1.807) is 6.20 Å². The molecule has 1 aromatic heterocycles. The molecule has 7 heteroatoms. The minimum Gasteiger partial charge on any atom is -0.337 e. The summed E-state index contributed by atoms with van der Waals surface area (Å²) in [6.45, 7) is 7.53. The molecule has 0 saturated carbocycles. The molecule has 0 aromatic carbocycles. The fraction of sp³-hybridized carbons (Fsp3) is 0.688. The first kappa shape index (κ1) is 16.7. The zero-order valence-corrected chi connectivity index (χ0v) is 15.0. The summed E-state index contributed by atoms with van der Waals surface area (Å²) in [7, 11) is -0.971. The largest absolute Gasteiger partial charge is 0.337 e. The van der Waals surface area contributed by atoms with Crippen molar-refractivity contribution < 1.29 is 8.42 Å². The van der Waals surface area contributed by atoms with E-state index in [-0.39, 0.29) is 23.6 Å². The highest BCUT2D eigenvalue weighted by Gasteiger charge is 2.46. The predicted octanol–water partition coefficient (Wildman–Crippen LogP) is 0.670. The molecule has 3 rings (SSSR count). The number of nitrogens with zero attached hydrogens (tertiary/aromatic N) is 4. The fourth-order valence-electron chi connectivity index (χ4n) is 3.55. The first-order chi connectivity index (χ1) is 10.9. The minimum absolute atomic E-state index is 0.0796. The molecule has 0 N–H and O–H groups in total. The smallest absolute Gasteiger partial charge is 0.153 e. The predicted molar refractivity (Wildman–Crippen MR) is 90.9 cm³/mol. The number of aromatic nitrogens is 2. The third-order valence-corrected chi connectivity index (χ3v) is 6.60. The van der Waals surface area contributed by atoms with Gasteiger partial charge >= 0.3 is 0 Å².